The maximum Gasteiger partial charge on any atom is 0.0718 e. The van der Waals surface area contributed by atoms with Crippen molar-refractivity contribution in [2.75, 3.05) is 6.61 Å². The van der Waals surface area contributed by atoms with Gasteiger partial charge in [-0.3, -0.25) is 0 Å². The molecule has 0 amide bonds. The summed E-state index contributed by atoms with van der Waals surface area (Å²) in [5.74, 6) is 0. The van der Waals surface area contributed by atoms with Gasteiger partial charge < -0.3 is 10.5 Å². The monoisotopic (exact) mass is 253 g/mol. The molecule has 1 aromatic carbocycles. The van der Waals surface area contributed by atoms with Crippen LogP contribution in [0.5, 0.6) is 0 Å². The van der Waals surface area contributed by atoms with Crippen LogP contribution in [0.25, 0.3) is 0 Å². The molecular weight excluding hydrogens is 234 g/mol. The predicted molar refractivity (Wildman–Crippen MR) is 71.1 cm³/mol. The van der Waals surface area contributed by atoms with E-state index in [1.807, 2.05) is 24.3 Å². The number of halogens is 1. The van der Waals surface area contributed by atoms with E-state index < -0.39 is 0 Å². The van der Waals surface area contributed by atoms with Crippen molar-refractivity contribution >= 4 is 11.6 Å². The van der Waals surface area contributed by atoms with Crippen LogP contribution in [0, 0.1) is 0 Å². The molecule has 0 aliphatic heterocycles. The van der Waals surface area contributed by atoms with E-state index in [1.165, 1.54) is 19.3 Å². The minimum absolute atomic E-state index is 0.100. The summed E-state index contributed by atoms with van der Waals surface area (Å²) in [5, 5.41) is 0.756. The molecule has 94 valence electrons. The second-order valence-corrected chi connectivity index (χ2v) is 5.48. The first-order chi connectivity index (χ1) is 8.18. The van der Waals surface area contributed by atoms with Gasteiger partial charge in [0.15, 0.2) is 0 Å². The summed E-state index contributed by atoms with van der Waals surface area (Å²) < 4.78 is 5.73. The van der Waals surface area contributed by atoms with Crippen LogP contribution in [-0.4, -0.2) is 12.1 Å². The van der Waals surface area contributed by atoms with E-state index in [0.717, 1.165) is 23.4 Å². The molecule has 1 fully saturated rings. The third kappa shape index (κ3) is 3.98. The molecule has 3 heteroatoms. The van der Waals surface area contributed by atoms with Crippen molar-refractivity contribution in [1.82, 2.24) is 0 Å². The highest BCUT2D eigenvalue weighted by molar-refractivity contribution is 6.30. The lowest BCUT2D eigenvalue weighted by Crippen LogP contribution is -2.46. The average molecular weight is 254 g/mol. The van der Waals surface area contributed by atoms with Crippen molar-refractivity contribution in [2.45, 2.75) is 44.2 Å². The van der Waals surface area contributed by atoms with Gasteiger partial charge in [-0.2, -0.15) is 0 Å². The van der Waals surface area contributed by atoms with Gasteiger partial charge in [0.1, 0.15) is 0 Å². The van der Waals surface area contributed by atoms with Crippen LogP contribution in [0.1, 0.15) is 37.7 Å². The maximum absolute atomic E-state index is 6.30. The number of ether oxygens (including phenoxy) is 1. The molecular formula is C14H20ClNO. The normalized spacial score (nSPS) is 19.2. The number of rotatable bonds is 4. The van der Waals surface area contributed by atoms with E-state index in [9.17, 15) is 0 Å². The number of hydrogen-bond donors (Lipinski definition) is 1. The summed E-state index contributed by atoms with van der Waals surface area (Å²) in [6, 6.07) is 7.78. The van der Waals surface area contributed by atoms with Crippen molar-refractivity contribution < 1.29 is 4.74 Å². The van der Waals surface area contributed by atoms with Gasteiger partial charge in [-0.25, -0.2) is 0 Å². The standard InChI is InChI=1S/C14H20ClNO/c15-13-6-4-5-12(9-13)10-17-11-14(16)7-2-1-3-8-14/h4-6,9H,1-3,7-8,10-11,16H2. The first-order valence-electron chi connectivity index (χ1n) is 6.29. The molecule has 1 aromatic rings. The number of benzene rings is 1. The van der Waals surface area contributed by atoms with E-state index in [2.05, 4.69) is 0 Å². The van der Waals surface area contributed by atoms with E-state index in [-0.39, 0.29) is 5.54 Å². The fraction of sp³-hybridized carbons (Fsp3) is 0.571. The molecule has 0 radical (unpaired) electrons. The highest BCUT2D eigenvalue weighted by Gasteiger charge is 2.27. The minimum Gasteiger partial charge on any atom is -0.375 e. The third-order valence-corrected chi connectivity index (χ3v) is 3.63. The third-order valence-electron chi connectivity index (χ3n) is 3.40. The Balaban J connectivity index is 1.79. The lowest BCUT2D eigenvalue weighted by Gasteiger charge is -2.33. The van der Waals surface area contributed by atoms with Crippen molar-refractivity contribution in [1.29, 1.82) is 0 Å². The number of hydrogen-bond acceptors (Lipinski definition) is 2. The lowest BCUT2D eigenvalue weighted by molar-refractivity contribution is 0.0575. The fourth-order valence-corrected chi connectivity index (χ4v) is 2.61. The van der Waals surface area contributed by atoms with E-state index in [1.54, 1.807) is 0 Å². The van der Waals surface area contributed by atoms with Crippen molar-refractivity contribution in [3.63, 3.8) is 0 Å². The molecule has 0 bridgehead atoms. The van der Waals surface area contributed by atoms with Crippen molar-refractivity contribution in [3.8, 4) is 0 Å². The Morgan fingerprint density at radius 1 is 1.24 bits per heavy atom. The second-order valence-electron chi connectivity index (χ2n) is 5.05. The Kier molecular flexibility index (Phi) is 4.43. The van der Waals surface area contributed by atoms with Crippen LogP contribution in [0.2, 0.25) is 5.02 Å². The van der Waals surface area contributed by atoms with Crippen LogP contribution < -0.4 is 5.73 Å². The van der Waals surface area contributed by atoms with Gasteiger partial charge in [0.25, 0.3) is 0 Å². The van der Waals surface area contributed by atoms with Gasteiger partial charge in [-0.05, 0) is 30.5 Å². The second kappa shape index (κ2) is 5.85. The minimum atomic E-state index is -0.100. The summed E-state index contributed by atoms with van der Waals surface area (Å²) in [5.41, 5.74) is 7.31. The van der Waals surface area contributed by atoms with Gasteiger partial charge in [-0.1, -0.05) is 43.0 Å². The fourth-order valence-electron chi connectivity index (χ4n) is 2.40. The van der Waals surface area contributed by atoms with Crippen LogP contribution in [-0.2, 0) is 11.3 Å². The molecule has 1 saturated carbocycles. The Morgan fingerprint density at radius 2 is 2.00 bits per heavy atom. The zero-order valence-corrected chi connectivity index (χ0v) is 10.9. The van der Waals surface area contributed by atoms with E-state index >= 15 is 0 Å². The Bertz CT molecular complexity index is 361. The van der Waals surface area contributed by atoms with E-state index in [4.69, 9.17) is 22.1 Å². The van der Waals surface area contributed by atoms with Crippen molar-refractivity contribution in [2.24, 2.45) is 5.73 Å². The first kappa shape index (κ1) is 12.9. The lowest BCUT2D eigenvalue weighted by atomic mass is 9.83. The van der Waals surface area contributed by atoms with Crippen LogP contribution >= 0.6 is 11.6 Å². The van der Waals surface area contributed by atoms with E-state index in [0.29, 0.717) is 13.2 Å². The van der Waals surface area contributed by atoms with Crippen molar-refractivity contribution in [3.05, 3.63) is 34.9 Å². The van der Waals surface area contributed by atoms with Crippen LogP contribution in [0.4, 0.5) is 0 Å². The molecule has 2 N–H and O–H groups in total. The van der Waals surface area contributed by atoms with Crippen LogP contribution in [0.3, 0.4) is 0 Å². The molecule has 17 heavy (non-hydrogen) atoms. The molecule has 0 saturated heterocycles. The summed E-state index contributed by atoms with van der Waals surface area (Å²) in [6.07, 6.45) is 5.95. The van der Waals surface area contributed by atoms with Gasteiger partial charge in [-0.15, -0.1) is 0 Å². The Labute approximate surface area is 108 Å². The predicted octanol–water partition coefficient (Wildman–Crippen LogP) is 3.52. The molecule has 0 spiro atoms. The van der Waals surface area contributed by atoms with Gasteiger partial charge in [0.05, 0.1) is 13.2 Å². The zero-order valence-electron chi connectivity index (χ0n) is 10.1. The molecule has 1 aliphatic rings. The highest BCUT2D eigenvalue weighted by atomic mass is 35.5. The van der Waals surface area contributed by atoms with Gasteiger partial charge in [0, 0.05) is 10.6 Å². The molecule has 0 atom stereocenters. The molecule has 1 aliphatic carbocycles. The largest absolute Gasteiger partial charge is 0.375 e. The summed E-state index contributed by atoms with van der Waals surface area (Å²) in [4.78, 5) is 0. The molecule has 0 aromatic heterocycles. The summed E-state index contributed by atoms with van der Waals surface area (Å²) in [6.45, 7) is 1.25. The Morgan fingerprint density at radius 3 is 2.71 bits per heavy atom. The quantitative estimate of drug-likeness (QED) is 0.891. The van der Waals surface area contributed by atoms with Crippen LogP contribution in [0.15, 0.2) is 24.3 Å². The maximum atomic E-state index is 6.30. The van der Waals surface area contributed by atoms with Gasteiger partial charge >= 0.3 is 0 Å². The molecule has 0 heterocycles. The van der Waals surface area contributed by atoms with Gasteiger partial charge in [0.2, 0.25) is 0 Å². The Hall–Kier alpha value is -0.570. The smallest absolute Gasteiger partial charge is 0.0718 e. The first-order valence-corrected chi connectivity index (χ1v) is 6.67. The SMILES string of the molecule is NC1(COCc2cccc(Cl)c2)CCCCC1. The highest BCUT2D eigenvalue weighted by Crippen LogP contribution is 2.26. The summed E-state index contributed by atoms with van der Waals surface area (Å²) >= 11 is 5.92. The molecule has 2 rings (SSSR count). The molecule has 0 unspecified atom stereocenters. The number of nitrogens with two attached hydrogens (primary N) is 1. The summed E-state index contributed by atoms with van der Waals surface area (Å²) in [7, 11) is 0. The topological polar surface area (TPSA) is 35.2 Å². The zero-order chi connectivity index (χ0) is 12.1. The molecule has 2 nitrogen and oxygen atoms in total. The average Bonchev–Trinajstić information content (AvgIpc) is 2.30.